The number of nitrogens with zero attached hydrogens (tertiary/aromatic N) is 4. The minimum absolute atomic E-state index is 0.0516. The molecule has 0 saturated carbocycles. The zero-order chi connectivity index (χ0) is 16.5. The normalized spacial score (nSPS) is 18.0. The average Bonchev–Trinajstić information content (AvgIpc) is 3.01. The topological polar surface area (TPSA) is 64.9 Å². The average molecular weight is 392 g/mol. The Balaban J connectivity index is 1.73. The van der Waals surface area contributed by atoms with Crippen LogP contribution >= 0.6 is 15.9 Å². The Labute approximate surface area is 146 Å². The Bertz CT molecular complexity index is 861. The van der Waals surface area contributed by atoms with Crippen molar-refractivity contribution in [3.05, 3.63) is 41.1 Å². The van der Waals surface area contributed by atoms with E-state index in [1.165, 1.54) is 12.1 Å². The number of halogens is 2. The number of fused-ring (bicyclic) bond motifs is 1. The van der Waals surface area contributed by atoms with E-state index in [-0.39, 0.29) is 12.0 Å². The summed E-state index contributed by atoms with van der Waals surface area (Å²) in [7, 11) is 0. The standard InChI is InChI=1S/C16H15BrFN5O/c17-16-21-14(20-11-6-4-10(18)5-7-11)13-15(22-16)23(9-19-13)12-3-1-2-8-24-12/h4-7,9,12H,1-3,8H2,(H,20,21,22). The van der Waals surface area contributed by atoms with Crippen LogP contribution < -0.4 is 5.32 Å². The highest BCUT2D eigenvalue weighted by Gasteiger charge is 2.21. The molecule has 0 amide bonds. The molecule has 6 nitrogen and oxygen atoms in total. The molecule has 124 valence electrons. The van der Waals surface area contributed by atoms with E-state index in [0.717, 1.165) is 31.6 Å². The Morgan fingerprint density at radius 2 is 2.04 bits per heavy atom. The van der Waals surface area contributed by atoms with Crippen LogP contribution in [0.4, 0.5) is 15.9 Å². The van der Waals surface area contributed by atoms with E-state index < -0.39 is 0 Å². The van der Waals surface area contributed by atoms with Gasteiger partial charge in [0.15, 0.2) is 17.0 Å². The number of hydrogen-bond acceptors (Lipinski definition) is 5. The van der Waals surface area contributed by atoms with Crippen molar-refractivity contribution in [1.82, 2.24) is 19.5 Å². The molecule has 24 heavy (non-hydrogen) atoms. The van der Waals surface area contributed by atoms with Gasteiger partial charge in [-0.05, 0) is 59.5 Å². The maximum absolute atomic E-state index is 13.1. The SMILES string of the molecule is Fc1ccc(Nc2nc(Br)nc3c2ncn3C2CCCCO2)cc1. The summed E-state index contributed by atoms with van der Waals surface area (Å²) in [6, 6.07) is 6.09. The van der Waals surface area contributed by atoms with Gasteiger partial charge in [-0.25, -0.2) is 19.3 Å². The lowest BCUT2D eigenvalue weighted by Gasteiger charge is -2.23. The fraction of sp³-hybridized carbons (Fsp3) is 0.312. The second-order valence-corrected chi connectivity index (χ2v) is 6.33. The quantitative estimate of drug-likeness (QED) is 0.678. The van der Waals surface area contributed by atoms with Crippen LogP contribution in [-0.2, 0) is 4.74 Å². The Morgan fingerprint density at radius 1 is 1.21 bits per heavy atom. The lowest BCUT2D eigenvalue weighted by molar-refractivity contribution is -0.0298. The molecule has 1 N–H and O–H groups in total. The van der Waals surface area contributed by atoms with Crippen LogP contribution in [0.3, 0.4) is 0 Å². The summed E-state index contributed by atoms with van der Waals surface area (Å²) < 4.78 is 21.3. The number of anilines is 2. The Hall–Kier alpha value is -2.06. The molecule has 2 aromatic heterocycles. The molecule has 8 heteroatoms. The molecule has 1 fully saturated rings. The maximum atomic E-state index is 13.1. The van der Waals surface area contributed by atoms with Crippen LogP contribution in [-0.4, -0.2) is 26.1 Å². The van der Waals surface area contributed by atoms with Crippen LogP contribution in [0.15, 0.2) is 35.3 Å². The third-order valence-electron chi connectivity index (χ3n) is 3.97. The number of aromatic nitrogens is 4. The van der Waals surface area contributed by atoms with Crippen LogP contribution in [0.5, 0.6) is 0 Å². The second-order valence-electron chi connectivity index (χ2n) is 5.62. The number of benzene rings is 1. The maximum Gasteiger partial charge on any atom is 0.200 e. The van der Waals surface area contributed by atoms with E-state index >= 15 is 0 Å². The van der Waals surface area contributed by atoms with Crippen molar-refractivity contribution in [1.29, 1.82) is 0 Å². The van der Waals surface area contributed by atoms with Gasteiger partial charge in [0, 0.05) is 12.3 Å². The van der Waals surface area contributed by atoms with Crippen molar-refractivity contribution in [3.63, 3.8) is 0 Å². The summed E-state index contributed by atoms with van der Waals surface area (Å²) in [4.78, 5) is 13.3. The van der Waals surface area contributed by atoms with Crippen LogP contribution in [0.2, 0.25) is 0 Å². The zero-order valence-electron chi connectivity index (χ0n) is 12.7. The van der Waals surface area contributed by atoms with Gasteiger partial charge in [-0.2, -0.15) is 0 Å². The third-order valence-corrected chi connectivity index (χ3v) is 4.32. The molecule has 4 rings (SSSR count). The van der Waals surface area contributed by atoms with E-state index in [1.54, 1.807) is 18.5 Å². The molecule has 1 atom stereocenters. The molecule has 0 radical (unpaired) electrons. The van der Waals surface area contributed by atoms with Gasteiger partial charge >= 0.3 is 0 Å². The van der Waals surface area contributed by atoms with Crippen molar-refractivity contribution >= 4 is 38.6 Å². The molecule has 1 aliphatic rings. The lowest BCUT2D eigenvalue weighted by atomic mass is 10.2. The fourth-order valence-electron chi connectivity index (χ4n) is 2.80. The van der Waals surface area contributed by atoms with Gasteiger partial charge in [-0.3, -0.25) is 4.57 Å². The first-order chi connectivity index (χ1) is 11.7. The molecule has 3 aromatic rings. The molecule has 0 bridgehead atoms. The van der Waals surface area contributed by atoms with Crippen molar-refractivity contribution in [2.45, 2.75) is 25.5 Å². The predicted octanol–water partition coefficient (Wildman–Crippen LogP) is 4.17. The van der Waals surface area contributed by atoms with Gasteiger partial charge in [0.05, 0.1) is 6.33 Å². The van der Waals surface area contributed by atoms with Gasteiger partial charge in [-0.1, -0.05) is 0 Å². The van der Waals surface area contributed by atoms with E-state index in [4.69, 9.17) is 4.74 Å². The molecule has 1 aliphatic heterocycles. The molecule has 0 spiro atoms. The first kappa shape index (κ1) is 15.5. The van der Waals surface area contributed by atoms with Crippen molar-refractivity contribution in [3.8, 4) is 0 Å². The van der Waals surface area contributed by atoms with Gasteiger partial charge in [0.1, 0.15) is 12.0 Å². The summed E-state index contributed by atoms with van der Waals surface area (Å²) in [6.07, 6.45) is 4.83. The molecule has 1 saturated heterocycles. The summed E-state index contributed by atoms with van der Waals surface area (Å²) in [5.41, 5.74) is 2.08. The molecular formula is C16H15BrFN5O. The summed E-state index contributed by atoms with van der Waals surface area (Å²) in [5.74, 6) is 0.279. The lowest BCUT2D eigenvalue weighted by Crippen LogP contribution is -2.17. The molecule has 1 aromatic carbocycles. The van der Waals surface area contributed by atoms with E-state index in [0.29, 0.717) is 21.7 Å². The molecular weight excluding hydrogens is 377 g/mol. The summed E-state index contributed by atoms with van der Waals surface area (Å²) >= 11 is 3.35. The van der Waals surface area contributed by atoms with E-state index in [9.17, 15) is 4.39 Å². The first-order valence-corrected chi connectivity index (χ1v) is 8.54. The smallest absolute Gasteiger partial charge is 0.200 e. The number of imidazole rings is 1. The highest BCUT2D eigenvalue weighted by Crippen LogP contribution is 2.29. The fourth-order valence-corrected chi connectivity index (χ4v) is 3.15. The zero-order valence-corrected chi connectivity index (χ0v) is 14.3. The summed E-state index contributed by atoms with van der Waals surface area (Å²) in [5, 5.41) is 3.17. The van der Waals surface area contributed by atoms with Crippen LogP contribution in [0.25, 0.3) is 11.2 Å². The van der Waals surface area contributed by atoms with Crippen molar-refractivity contribution in [2.24, 2.45) is 0 Å². The first-order valence-electron chi connectivity index (χ1n) is 7.75. The number of nitrogens with one attached hydrogen (secondary N) is 1. The van der Waals surface area contributed by atoms with Gasteiger partial charge in [0.2, 0.25) is 4.73 Å². The van der Waals surface area contributed by atoms with Crippen molar-refractivity contribution in [2.75, 3.05) is 11.9 Å². The predicted molar refractivity (Wildman–Crippen MR) is 91.5 cm³/mol. The third kappa shape index (κ3) is 2.99. The van der Waals surface area contributed by atoms with Gasteiger partial charge in [0.25, 0.3) is 0 Å². The minimum Gasteiger partial charge on any atom is -0.358 e. The number of rotatable bonds is 3. The second kappa shape index (κ2) is 6.45. The van der Waals surface area contributed by atoms with Gasteiger partial charge in [-0.15, -0.1) is 0 Å². The van der Waals surface area contributed by atoms with E-state index in [1.807, 2.05) is 4.57 Å². The van der Waals surface area contributed by atoms with Crippen LogP contribution in [0, 0.1) is 5.82 Å². The van der Waals surface area contributed by atoms with Crippen molar-refractivity contribution < 1.29 is 9.13 Å². The summed E-state index contributed by atoms with van der Waals surface area (Å²) in [6.45, 7) is 0.747. The molecule has 0 aliphatic carbocycles. The monoisotopic (exact) mass is 391 g/mol. The highest BCUT2D eigenvalue weighted by molar-refractivity contribution is 9.10. The minimum atomic E-state index is -0.284. The van der Waals surface area contributed by atoms with Crippen LogP contribution in [0.1, 0.15) is 25.5 Å². The Kier molecular flexibility index (Phi) is 4.15. The molecule has 1 unspecified atom stereocenters. The number of hydrogen-bond donors (Lipinski definition) is 1. The molecule has 3 heterocycles. The van der Waals surface area contributed by atoms with E-state index in [2.05, 4.69) is 36.2 Å². The highest BCUT2D eigenvalue weighted by atomic mass is 79.9. The largest absolute Gasteiger partial charge is 0.358 e. The Morgan fingerprint density at radius 3 is 2.79 bits per heavy atom. The van der Waals surface area contributed by atoms with Gasteiger partial charge < -0.3 is 10.1 Å². The number of ether oxygens (including phenoxy) is 1.